The Bertz CT molecular complexity index is 238. The first kappa shape index (κ1) is 8.05. The molecule has 0 spiro atoms. The summed E-state index contributed by atoms with van der Waals surface area (Å²) in [6, 6.07) is 1.52. The van der Waals surface area contributed by atoms with Crippen LogP contribution >= 0.6 is 34.8 Å². The first-order chi connectivity index (χ1) is 4.61. The van der Waals surface area contributed by atoms with Gasteiger partial charge in [0.15, 0.2) is 0 Å². The number of nitrogens with zero attached hydrogens (tertiary/aromatic N) is 2. The summed E-state index contributed by atoms with van der Waals surface area (Å²) in [5.74, 6) is 0. The van der Waals surface area contributed by atoms with Crippen molar-refractivity contribution in [1.82, 2.24) is 4.98 Å². The maximum Gasteiger partial charge on any atom is 0.398 e. The Morgan fingerprint density at radius 2 is 2.00 bits per heavy atom. The van der Waals surface area contributed by atoms with E-state index >= 15 is 0 Å². The molecule has 5 heteroatoms. The second-order valence-electron chi connectivity index (χ2n) is 1.73. The summed E-state index contributed by atoms with van der Waals surface area (Å²) in [6.07, 6.45) is 0. The number of halogens is 3. The summed E-state index contributed by atoms with van der Waals surface area (Å²) < 4.78 is 1.52. The van der Waals surface area contributed by atoms with Gasteiger partial charge in [-0.25, -0.2) is 4.57 Å². The van der Waals surface area contributed by atoms with Gasteiger partial charge in [0, 0.05) is 11.6 Å². The zero-order valence-corrected chi connectivity index (χ0v) is 7.37. The van der Waals surface area contributed by atoms with Crippen molar-refractivity contribution in [2.75, 3.05) is 0 Å². The molecule has 0 fully saturated rings. The van der Waals surface area contributed by atoms with Gasteiger partial charge in [-0.15, -0.1) is 0 Å². The minimum atomic E-state index is 0.275. The van der Waals surface area contributed by atoms with Crippen molar-refractivity contribution in [3.8, 4) is 0 Å². The third-order valence-electron chi connectivity index (χ3n) is 1.03. The Kier molecular flexibility index (Phi) is 2.34. The lowest BCUT2D eigenvalue weighted by atomic mass is 10.6. The molecule has 10 heavy (non-hydrogen) atoms. The summed E-state index contributed by atoms with van der Waals surface area (Å²) in [5.41, 5.74) is 0. The van der Waals surface area contributed by atoms with E-state index in [2.05, 4.69) is 4.98 Å². The zero-order valence-electron chi connectivity index (χ0n) is 5.11. The first-order valence-electron chi connectivity index (χ1n) is 2.49. The largest absolute Gasteiger partial charge is 0.398 e. The maximum absolute atomic E-state index is 5.67. The van der Waals surface area contributed by atoms with Gasteiger partial charge in [0.1, 0.15) is 0 Å². The van der Waals surface area contributed by atoms with Crippen LogP contribution in [-0.2, 0) is 7.05 Å². The lowest BCUT2D eigenvalue weighted by molar-refractivity contribution is -0.669. The lowest BCUT2D eigenvalue weighted by Crippen LogP contribution is -2.31. The smallest absolute Gasteiger partial charge is 0.206 e. The second-order valence-corrected chi connectivity index (χ2v) is 2.84. The van der Waals surface area contributed by atoms with E-state index in [1.54, 1.807) is 7.05 Å². The van der Waals surface area contributed by atoms with E-state index in [-0.39, 0.29) is 5.28 Å². The van der Waals surface area contributed by atoms with Crippen LogP contribution in [0.1, 0.15) is 0 Å². The Morgan fingerprint density at radius 3 is 2.50 bits per heavy atom. The predicted molar refractivity (Wildman–Crippen MR) is 40.4 cm³/mol. The third-order valence-corrected chi connectivity index (χ3v) is 1.93. The van der Waals surface area contributed by atoms with Crippen molar-refractivity contribution in [1.29, 1.82) is 0 Å². The van der Waals surface area contributed by atoms with E-state index in [9.17, 15) is 0 Å². The van der Waals surface area contributed by atoms with Crippen molar-refractivity contribution < 1.29 is 4.57 Å². The van der Waals surface area contributed by atoms with E-state index in [4.69, 9.17) is 34.8 Å². The molecule has 0 radical (unpaired) electrons. The highest BCUT2D eigenvalue weighted by molar-refractivity contribution is 6.34. The Balaban J connectivity index is 3.31. The van der Waals surface area contributed by atoms with Crippen LogP contribution < -0.4 is 4.57 Å². The summed E-state index contributed by atoms with van der Waals surface area (Å²) in [4.78, 5) is 3.74. The van der Waals surface area contributed by atoms with E-state index in [1.165, 1.54) is 10.6 Å². The van der Waals surface area contributed by atoms with Gasteiger partial charge in [-0.05, 0) is 28.2 Å². The Labute approximate surface area is 73.4 Å². The van der Waals surface area contributed by atoms with Crippen LogP contribution in [0.2, 0.25) is 15.6 Å². The van der Waals surface area contributed by atoms with Crippen LogP contribution in [-0.4, -0.2) is 4.98 Å². The molecule has 1 aromatic rings. The molecule has 0 unspecified atom stereocenters. The molecule has 0 saturated heterocycles. The molecule has 0 aromatic carbocycles. The molecule has 0 bridgehead atoms. The molecule has 0 aliphatic heterocycles. The molecule has 54 valence electrons. The molecule has 2 nitrogen and oxygen atoms in total. The van der Waals surface area contributed by atoms with Crippen LogP contribution in [0.5, 0.6) is 0 Å². The van der Waals surface area contributed by atoms with Gasteiger partial charge in [0.2, 0.25) is 10.3 Å². The zero-order chi connectivity index (χ0) is 7.72. The van der Waals surface area contributed by atoms with Gasteiger partial charge in [0.25, 0.3) is 0 Å². The fourth-order valence-corrected chi connectivity index (χ4v) is 1.17. The normalized spacial score (nSPS) is 10.0. The molecule has 0 atom stereocenters. The summed E-state index contributed by atoms with van der Waals surface area (Å²) in [6.45, 7) is 0. The molecule has 1 rings (SSSR count). The van der Waals surface area contributed by atoms with Gasteiger partial charge < -0.3 is 0 Å². The molecule has 0 aliphatic rings. The SMILES string of the molecule is C[n+]1c(Cl)cc(Cl)nc1Cl. The van der Waals surface area contributed by atoms with Crippen LogP contribution in [0.25, 0.3) is 0 Å². The number of hydrogen-bond acceptors (Lipinski definition) is 1. The van der Waals surface area contributed by atoms with Gasteiger partial charge in [0.05, 0.1) is 13.1 Å². The van der Waals surface area contributed by atoms with Crippen molar-refractivity contribution in [2.45, 2.75) is 0 Å². The first-order valence-corrected chi connectivity index (χ1v) is 3.62. The predicted octanol–water partition coefficient (Wildman–Crippen LogP) is 1.87. The molecule has 1 heterocycles. The summed E-state index contributed by atoms with van der Waals surface area (Å²) in [5, 5.41) is 1.04. The van der Waals surface area contributed by atoms with Crippen molar-refractivity contribution in [3.63, 3.8) is 0 Å². The fraction of sp³-hybridized carbons (Fsp3) is 0.200. The van der Waals surface area contributed by atoms with Gasteiger partial charge in [-0.2, -0.15) is 0 Å². The van der Waals surface area contributed by atoms with Gasteiger partial charge in [-0.1, -0.05) is 0 Å². The van der Waals surface area contributed by atoms with E-state index in [0.717, 1.165) is 0 Å². The highest BCUT2D eigenvalue weighted by Gasteiger charge is 2.11. The molecular weight excluding hydrogens is 194 g/mol. The summed E-state index contributed by atoms with van der Waals surface area (Å²) >= 11 is 16.8. The molecule has 0 amide bonds. The monoisotopic (exact) mass is 197 g/mol. The molecular formula is C5H4Cl3N2+. The van der Waals surface area contributed by atoms with Crippen LogP contribution in [0, 0.1) is 0 Å². The van der Waals surface area contributed by atoms with Crippen molar-refractivity contribution >= 4 is 34.8 Å². The van der Waals surface area contributed by atoms with Gasteiger partial charge in [-0.3, -0.25) is 0 Å². The number of rotatable bonds is 0. The quantitative estimate of drug-likeness (QED) is 0.353. The molecule has 0 saturated carbocycles. The van der Waals surface area contributed by atoms with E-state index in [0.29, 0.717) is 10.3 Å². The standard InChI is InChI=1S/C5H4Cl3N2/c1-10-4(7)2-3(6)9-5(10)8/h2H,1H3/q+1. The Morgan fingerprint density at radius 1 is 1.40 bits per heavy atom. The van der Waals surface area contributed by atoms with Crippen LogP contribution in [0.3, 0.4) is 0 Å². The maximum atomic E-state index is 5.67. The second kappa shape index (κ2) is 2.91. The minimum absolute atomic E-state index is 0.275. The highest BCUT2D eigenvalue weighted by Crippen LogP contribution is 2.11. The van der Waals surface area contributed by atoms with Crippen LogP contribution in [0.4, 0.5) is 0 Å². The Hall–Kier alpha value is -0.0500. The summed E-state index contributed by atoms with van der Waals surface area (Å²) in [7, 11) is 1.70. The fourth-order valence-electron chi connectivity index (χ4n) is 0.479. The van der Waals surface area contributed by atoms with E-state index < -0.39 is 0 Å². The average Bonchev–Trinajstić information content (AvgIpc) is 1.82. The lowest BCUT2D eigenvalue weighted by Gasteiger charge is -1.92. The minimum Gasteiger partial charge on any atom is -0.206 e. The van der Waals surface area contributed by atoms with Crippen molar-refractivity contribution in [3.05, 3.63) is 21.7 Å². The highest BCUT2D eigenvalue weighted by atomic mass is 35.5. The van der Waals surface area contributed by atoms with Crippen molar-refractivity contribution in [2.24, 2.45) is 7.05 Å². The average molecular weight is 198 g/mol. The molecule has 0 N–H and O–H groups in total. The van der Waals surface area contributed by atoms with E-state index in [1.807, 2.05) is 0 Å². The number of hydrogen-bond donors (Lipinski definition) is 0. The topological polar surface area (TPSA) is 16.8 Å². The molecule has 1 aromatic heterocycles. The van der Waals surface area contributed by atoms with Crippen LogP contribution in [0.15, 0.2) is 6.07 Å². The molecule has 0 aliphatic carbocycles. The van der Waals surface area contributed by atoms with Gasteiger partial charge >= 0.3 is 5.28 Å². The number of aromatic nitrogens is 2. The third kappa shape index (κ3) is 1.51.